The number of nitrogens with zero attached hydrogens (tertiary/aromatic N) is 1. The van der Waals surface area contributed by atoms with Gasteiger partial charge in [0.25, 0.3) is 0 Å². The quantitative estimate of drug-likeness (QED) is 0.817. The molecule has 0 spiro atoms. The van der Waals surface area contributed by atoms with Crippen molar-refractivity contribution in [2.45, 2.75) is 29.2 Å². The summed E-state index contributed by atoms with van der Waals surface area (Å²) in [5.74, 6) is 0.815. The van der Waals surface area contributed by atoms with E-state index in [0.717, 1.165) is 5.56 Å². The Morgan fingerprint density at radius 2 is 1.96 bits per heavy atom. The van der Waals surface area contributed by atoms with Crippen molar-refractivity contribution in [3.63, 3.8) is 0 Å². The lowest BCUT2D eigenvalue weighted by Gasteiger charge is -2.40. The minimum atomic E-state index is -3.80. The molecule has 1 radical (unpaired) electrons. The fourth-order valence-corrected chi connectivity index (χ4v) is 5.16. The number of hydrogen-bond donors (Lipinski definition) is 2. The molecular weight excluding hydrogens is 362 g/mol. The molecule has 0 saturated carbocycles. The monoisotopic (exact) mass is 382 g/mol. The summed E-state index contributed by atoms with van der Waals surface area (Å²) < 4.78 is 26.2. The molecule has 1 fully saturated rings. The highest BCUT2D eigenvalue weighted by Crippen LogP contribution is 2.41. The van der Waals surface area contributed by atoms with E-state index < -0.39 is 27.2 Å². The maximum absolute atomic E-state index is 13.1. The van der Waals surface area contributed by atoms with Crippen molar-refractivity contribution in [1.29, 1.82) is 5.26 Å². The molecule has 1 heterocycles. The molecule has 2 unspecified atom stereocenters. The first-order chi connectivity index (χ1) is 12.9. The van der Waals surface area contributed by atoms with Crippen LogP contribution in [0.4, 0.5) is 0 Å². The van der Waals surface area contributed by atoms with Gasteiger partial charge in [0.05, 0.1) is 28.3 Å². The molecule has 139 valence electrons. The Bertz CT molecular complexity index is 983. The summed E-state index contributed by atoms with van der Waals surface area (Å²) in [7, 11) is -3.80. The molecule has 2 atom stereocenters. The zero-order chi connectivity index (χ0) is 19.5. The Kier molecular flexibility index (Phi) is 5.31. The average molecular weight is 382 g/mol. The fourth-order valence-electron chi connectivity index (χ4n) is 3.52. The summed E-state index contributed by atoms with van der Waals surface area (Å²) in [4.78, 5) is 11.8. The van der Waals surface area contributed by atoms with Crippen LogP contribution in [0.1, 0.15) is 24.0 Å². The van der Waals surface area contributed by atoms with Crippen molar-refractivity contribution in [3.05, 3.63) is 71.5 Å². The molecule has 1 aliphatic rings. The van der Waals surface area contributed by atoms with Gasteiger partial charge in [-0.1, -0.05) is 36.4 Å². The van der Waals surface area contributed by atoms with E-state index in [-0.39, 0.29) is 16.9 Å². The van der Waals surface area contributed by atoms with Gasteiger partial charge in [0.15, 0.2) is 9.84 Å². The van der Waals surface area contributed by atoms with Gasteiger partial charge in [0, 0.05) is 5.41 Å². The molecule has 7 heteroatoms. The van der Waals surface area contributed by atoms with Gasteiger partial charge in [0.1, 0.15) is 0 Å². The third kappa shape index (κ3) is 4.02. The predicted octanol–water partition coefficient (Wildman–Crippen LogP) is 1.67. The van der Waals surface area contributed by atoms with E-state index in [1.807, 2.05) is 36.4 Å². The van der Waals surface area contributed by atoms with Crippen LogP contribution in [-0.2, 0) is 20.0 Å². The average Bonchev–Trinajstić information content (AvgIpc) is 2.68. The van der Waals surface area contributed by atoms with Crippen LogP contribution in [0, 0.1) is 17.1 Å². The number of carbonyl (C=O) groups excluding carboxylic acids is 1. The lowest BCUT2D eigenvalue weighted by atomic mass is 9.72. The number of carbonyl (C=O) groups is 1. The minimum Gasteiger partial charge on any atom is -0.368 e. The number of nitriles is 1. The number of nitrogens with one attached hydrogen (secondary N) is 1. The van der Waals surface area contributed by atoms with E-state index in [0.29, 0.717) is 13.0 Å². The molecule has 27 heavy (non-hydrogen) atoms. The van der Waals surface area contributed by atoms with Crippen LogP contribution in [0.2, 0.25) is 0 Å². The maximum atomic E-state index is 13.1. The fraction of sp³-hybridized carbons (Fsp3) is 0.250. The zero-order valence-electron chi connectivity index (χ0n) is 14.6. The Morgan fingerprint density at radius 3 is 2.63 bits per heavy atom. The highest BCUT2D eigenvalue weighted by molar-refractivity contribution is 7.93. The SMILES string of the molecule is N#Cc1cccc(S(=O)(=O)[CH]C2(c3ccccc3)CCNC(C(N)=O)C2)c1. The predicted molar refractivity (Wildman–Crippen MR) is 101 cm³/mol. The molecule has 3 rings (SSSR count). The van der Waals surface area contributed by atoms with Crippen LogP contribution in [0.25, 0.3) is 0 Å². The van der Waals surface area contributed by atoms with Gasteiger partial charge in [-0.05, 0) is 43.1 Å². The number of nitrogens with two attached hydrogens (primary N) is 1. The first-order valence-corrected chi connectivity index (χ1v) is 10.1. The molecule has 1 aliphatic heterocycles. The van der Waals surface area contributed by atoms with E-state index in [4.69, 9.17) is 11.0 Å². The molecule has 0 aliphatic carbocycles. The number of rotatable bonds is 5. The van der Waals surface area contributed by atoms with Crippen LogP contribution < -0.4 is 11.1 Å². The molecule has 6 nitrogen and oxygen atoms in total. The number of piperidine rings is 1. The van der Waals surface area contributed by atoms with Gasteiger partial charge in [-0.3, -0.25) is 4.79 Å². The summed E-state index contributed by atoms with van der Waals surface area (Å²) in [5.41, 5.74) is 5.72. The second-order valence-corrected chi connectivity index (χ2v) is 8.48. The number of benzene rings is 2. The Labute approximate surface area is 158 Å². The van der Waals surface area contributed by atoms with Crippen LogP contribution >= 0.6 is 0 Å². The Morgan fingerprint density at radius 1 is 1.22 bits per heavy atom. The standard InChI is InChI=1S/C20H20N3O3S/c21-13-15-5-4-8-17(11-15)27(25,26)14-20(16-6-2-1-3-7-16)9-10-23-18(12-20)19(22)24/h1-8,11,14,18,23H,9-10,12H2,(H2,22,24). The Hall–Kier alpha value is -2.69. The summed E-state index contributed by atoms with van der Waals surface area (Å²) in [6, 6.07) is 16.5. The molecular formula is C20H20N3O3S. The molecule has 2 aromatic rings. The van der Waals surface area contributed by atoms with Gasteiger partial charge >= 0.3 is 0 Å². The molecule has 0 bridgehead atoms. The van der Waals surface area contributed by atoms with Gasteiger partial charge in [-0.25, -0.2) is 8.42 Å². The second-order valence-electron chi connectivity index (χ2n) is 6.69. The maximum Gasteiger partial charge on any atom is 0.234 e. The minimum absolute atomic E-state index is 0.0611. The largest absolute Gasteiger partial charge is 0.368 e. The van der Waals surface area contributed by atoms with Crippen LogP contribution in [0.15, 0.2) is 59.5 Å². The molecule has 1 amide bonds. The van der Waals surface area contributed by atoms with E-state index >= 15 is 0 Å². The number of sulfone groups is 1. The third-order valence-corrected chi connectivity index (χ3v) is 6.57. The van der Waals surface area contributed by atoms with Crippen molar-refractivity contribution in [2.24, 2.45) is 5.73 Å². The van der Waals surface area contributed by atoms with Gasteiger partial charge < -0.3 is 11.1 Å². The normalized spacial score (nSPS) is 22.7. The van der Waals surface area contributed by atoms with E-state index in [1.54, 1.807) is 12.1 Å². The molecule has 2 aromatic carbocycles. The van der Waals surface area contributed by atoms with Crippen molar-refractivity contribution >= 4 is 15.7 Å². The van der Waals surface area contributed by atoms with E-state index in [2.05, 4.69) is 5.32 Å². The summed E-state index contributed by atoms with van der Waals surface area (Å²) in [6.07, 6.45) is 0.765. The Balaban J connectivity index is 2.04. The number of amides is 1. The van der Waals surface area contributed by atoms with Crippen molar-refractivity contribution in [2.75, 3.05) is 6.54 Å². The number of primary amides is 1. The summed E-state index contributed by atoms with van der Waals surface area (Å²) >= 11 is 0. The first kappa shape index (κ1) is 19.1. The lowest BCUT2D eigenvalue weighted by Crippen LogP contribution is -2.53. The topological polar surface area (TPSA) is 113 Å². The van der Waals surface area contributed by atoms with Crippen LogP contribution in [0.3, 0.4) is 0 Å². The third-order valence-electron chi connectivity index (χ3n) is 4.89. The number of hydrogen-bond acceptors (Lipinski definition) is 5. The van der Waals surface area contributed by atoms with E-state index in [1.165, 1.54) is 17.9 Å². The smallest absolute Gasteiger partial charge is 0.234 e. The van der Waals surface area contributed by atoms with Gasteiger partial charge in [-0.2, -0.15) is 5.26 Å². The van der Waals surface area contributed by atoms with Crippen molar-refractivity contribution < 1.29 is 13.2 Å². The van der Waals surface area contributed by atoms with Gasteiger partial charge in [-0.15, -0.1) is 0 Å². The molecule has 1 saturated heterocycles. The van der Waals surface area contributed by atoms with Crippen LogP contribution in [-0.4, -0.2) is 26.9 Å². The first-order valence-electron chi connectivity index (χ1n) is 8.56. The van der Waals surface area contributed by atoms with Gasteiger partial charge in [0.2, 0.25) is 5.91 Å². The second kappa shape index (κ2) is 7.51. The zero-order valence-corrected chi connectivity index (χ0v) is 15.4. The van der Waals surface area contributed by atoms with E-state index in [9.17, 15) is 13.2 Å². The van der Waals surface area contributed by atoms with Crippen molar-refractivity contribution in [3.8, 4) is 6.07 Å². The highest BCUT2D eigenvalue weighted by Gasteiger charge is 2.43. The van der Waals surface area contributed by atoms with Crippen LogP contribution in [0.5, 0.6) is 0 Å². The van der Waals surface area contributed by atoms with Crippen molar-refractivity contribution in [1.82, 2.24) is 5.32 Å². The highest BCUT2D eigenvalue weighted by atomic mass is 32.2. The molecule has 0 aromatic heterocycles. The summed E-state index contributed by atoms with van der Waals surface area (Å²) in [6.45, 7) is 0.465. The molecule has 3 N–H and O–H groups in total. The summed E-state index contributed by atoms with van der Waals surface area (Å²) in [5, 5.41) is 12.1. The lowest BCUT2D eigenvalue weighted by molar-refractivity contribution is -0.120.